The van der Waals surface area contributed by atoms with Crippen LogP contribution >= 0.6 is 0 Å². The van der Waals surface area contributed by atoms with Crippen LogP contribution in [0.25, 0.3) is 0 Å². The van der Waals surface area contributed by atoms with Gasteiger partial charge in [-0.3, -0.25) is 0 Å². The molecule has 0 spiro atoms. The van der Waals surface area contributed by atoms with Crippen LogP contribution in [-0.4, -0.2) is 11.7 Å². The summed E-state index contributed by atoms with van der Waals surface area (Å²) in [6.07, 6.45) is 6.88. The van der Waals surface area contributed by atoms with Gasteiger partial charge < -0.3 is 5.11 Å². The normalized spacial score (nSPS) is 46.9. The van der Waals surface area contributed by atoms with Gasteiger partial charge in [-0.15, -0.1) is 0 Å². The average Bonchev–Trinajstić information content (AvgIpc) is 2.98. The van der Waals surface area contributed by atoms with Gasteiger partial charge >= 0.3 is 0 Å². The zero-order valence-corrected chi connectivity index (χ0v) is 9.42. The quantitative estimate of drug-likeness (QED) is 0.716. The second-order valence-corrected chi connectivity index (χ2v) is 6.56. The molecule has 4 fully saturated rings. The number of fused-ring (bicyclic) bond motifs is 2. The third kappa shape index (κ3) is 0.946. The third-order valence-corrected chi connectivity index (χ3v) is 5.85. The molecule has 4 aliphatic carbocycles. The van der Waals surface area contributed by atoms with E-state index in [1.165, 1.54) is 32.1 Å². The minimum atomic E-state index is 0.382. The van der Waals surface area contributed by atoms with Crippen molar-refractivity contribution in [1.29, 1.82) is 0 Å². The number of hydrogen-bond donors (Lipinski definition) is 1. The maximum atomic E-state index is 9.51. The smallest absolute Gasteiger partial charge is 0.0490 e. The number of aliphatic hydroxyl groups excluding tert-OH is 1. The maximum Gasteiger partial charge on any atom is 0.0490 e. The summed E-state index contributed by atoms with van der Waals surface area (Å²) >= 11 is 0. The molecule has 0 saturated heterocycles. The fraction of sp³-hybridized carbons (Fsp3) is 1.00. The fourth-order valence-corrected chi connectivity index (χ4v) is 4.35. The monoisotopic (exact) mass is 194 g/mol. The first-order valence-corrected chi connectivity index (χ1v) is 6.21. The SMILES string of the molecule is CC1(C)[C@H]2CCC(C3(CO)CC3)[C@@H]1C2. The molecule has 1 unspecified atom stereocenters. The lowest BCUT2D eigenvalue weighted by Crippen LogP contribution is -2.54. The van der Waals surface area contributed by atoms with Crippen LogP contribution < -0.4 is 0 Å². The van der Waals surface area contributed by atoms with Crippen molar-refractivity contribution in [3.63, 3.8) is 0 Å². The van der Waals surface area contributed by atoms with Crippen LogP contribution in [0.15, 0.2) is 0 Å². The molecule has 4 saturated carbocycles. The molecule has 0 aromatic carbocycles. The molecule has 4 aliphatic rings. The highest BCUT2D eigenvalue weighted by atomic mass is 16.3. The second kappa shape index (κ2) is 2.55. The molecule has 4 rings (SSSR count). The van der Waals surface area contributed by atoms with Crippen molar-refractivity contribution in [3.05, 3.63) is 0 Å². The van der Waals surface area contributed by atoms with Gasteiger partial charge in [0, 0.05) is 6.61 Å². The standard InChI is InChI=1S/C13H22O/c1-12(2)9-3-4-10(11(12)7-9)13(8-14)5-6-13/h9-11,14H,3-8H2,1-2H3/t9-,10?,11-/m0/s1. The molecule has 2 bridgehead atoms. The van der Waals surface area contributed by atoms with E-state index in [4.69, 9.17) is 0 Å². The number of aliphatic hydroxyl groups is 1. The van der Waals surface area contributed by atoms with Gasteiger partial charge in [-0.05, 0) is 60.7 Å². The Morgan fingerprint density at radius 3 is 2.29 bits per heavy atom. The van der Waals surface area contributed by atoms with Crippen LogP contribution in [0.1, 0.15) is 46.0 Å². The lowest BCUT2D eigenvalue weighted by Gasteiger charge is -2.61. The Morgan fingerprint density at radius 1 is 1.14 bits per heavy atom. The lowest BCUT2D eigenvalue weighted by molar-refractivity contribution is -0.131. The van der Waals surface area contributed by atoms with E-state index in [0.29, 0.717) is 17.4 Å². The zero-order valence-electron chi connectivity index (χ0n) is 9.42. The molecule has 14 heavy (non-hydrogen) atoms. The summed E-state index contributed by atoms with van der Waals surface area (Å²) in [5.41, 5.74) is 0.973. The van der Waals surface area contributed by atoms with Crippen molar-refractivity contribution in [2.24, 2.45) is 28.6 Å². The summed E-state index contributed by atoms with van der Waals surface area (Å²) in [5.74, 6) is 2.78. The molecule has 1 heteroatoms. The Balaban J connectivity index is 1.82. The van der Waals surface area contributed by atoms with E-state index in [1.807, 2.05) is 0 Å². The van der Waals surface area contributed by atoms with Crippen molar-refractivity contribution in [3.8, 4) is 0 Å². The summed E-state index contributed by atoms with van der Waals surface area (Å²) in [6, 6.07) is 0. The Bertz CT molecular complexity index is 250. The van der Waals surface area contributed by atoms with Gasteiger partial charge in [0.05, 0.1) is 0 Å². The van der Waals surface area contributed by atoms with E-state index >= 15 is 0 Å². The molecule has 0 aromatic heterocycles. The Morgan fingerprint density at radius 2 is 1.86 bits per heavy atom. The average molecular weight is 194 g/mol. The Hall–Kier alpha value is -0.0400. The molecule has 3 atom stereocenters. The molecular formula is C13H22O. The summed E-state index contributed by atoms with van der Waals surface area (Å²) in [6.45, 7) is 5.35. The van der Waals surface area contributed by atoms with Crippen LogP contribution in [0, 0.1) is 28.6 Å². The first-order valence-electron chi connectivity index (χ1n) is 6.21. The van der Waals surface area contributed by atoms with Gasteiger partial charge in [0.2, 0.25) is 0 Å². The lowest BCUT2D eigenvalue weighted by atomic mass is 9.43. The summed E-state index contributed by atoms with van der Waals surface area (Å²) in [4.78, 5) is 0. The van der Waals surface area contributed by atoms with Crippen LogP contribution in [0.2, 0.25) is 0 Å². The van der Waals surface area contributed by atoms with Gasteiger partial charge in [0.1, 0.15) is 0 Å². The fourth-order valence-electron chi connectivity index (χ4n) is 4.35. The van der Waals surface area contributed by atoms with E-state index in [1.54, 1.807) is 0 Å². The Labute approximate surface area is 86.9 Å². The first-order chi connectivity index (χ1) is 6.60. The highest BCUT2D eigenvalue weighted by molar-refractivity contribution is 5.11. The van der Waals surface area contributed by atoms with Crippen LogP contribution in [0.5, 0.6) is 0 Å². The van der Waals surface area contributed by atoms with Crippen molar-refractivity contribution >= 4 is 0 Å². The van der Waals surface area contributed by atoms with E-state index in [9.17, 15) is 5.11 Å². The molecule has 1 nitrogen and oxygen atoms in total. The highest BCUT2D eigenvalue weighted by Crippen LogP contribution is 2.69. The van der Waals surface area contributed by atoms with Crippen molar-refractivity contribution in [2.45, 2.75) is 46.0 Å². The number of rotatable bonds is 2. The number of hydrogen-bond acceptors (Lipinski definition) is 1. The molecule has 0 aromatic rings. The highest BCUT2D eigenvalue weighted by Gasteiger charge is 2.62. The predicted octanol–water partition coefficient (Wildman–Crippen LogP) is 2.83. The largest absolute Gasteiger partial charge is 0.396 e. The van der Waals surface area contributed by atoms with Gasteiger partial charge in [-0.2, -0.15) is 0 Å². The summed E-state index contributed by atoms with van der Waals surface area (Å²) in [5, 5.41) is 9.51. The maximum absolute atomic E-state index is 9.51. The van der Waals surface area contributed by atoms with E-state index in [0.717, 1.165) is 17.8 Å². The molecular weight excluding hydrogens is 172 g/mol. The molecule has 0 aliphatic heterocycles. The minimum Gasteiger partial charge on any atom is -0.396 e. The molecule has 0 radical (unpaired) electrons. The minimum absolute atomic E-state index is 0.382. The first kappa shape index (κ1) is 9.21. The van der Waals surface area contributed by atoms with Gasteiger partial charge in [-0.1, -0.05) is 13.8 Å². The third-order valence-electron chi connectivity index (χ3n) is 5.85. The van der Waals surface area contributed by atoms with Crippen molar-refractivity contribution in [1.82, 2.24) is 0 Å². The van der Waals surface area contributed by atoms with E-state index in [2.05, 4.69) is 13.8 Å². The van der Waals surface area contributed by atoms with Gasteiger partial charge in [0.15, 0.2) is 0 Å². The van der Waals surface area contributed by atoms with Crippen LogP contribution in [0.4, 0.5) is 0 Å². The van der Waals surface area contributed by atoms with Gasteiger partial charge in [-0.25, -0.2) is 0 Å². The van der Waals surface area contributed by atoms with Crippen molar-refractivity contribution < 1.29 is 5.11 Å². The topological polar surface area (TPSA) is 20.2 Å². The molecule has 0 heterocycles. The van der Waals surface area contributed by atoms with E-state index in [-0.39, 0.29) is 0 Å². The summed E-state index contributed by atoms with van der Waals surface area (Å²) < 4.78 is 0. The van der Waals surface area contributed by atoms with Gasteiger partial charge in [0.25, 0.3) is 0 Å². The van der Waals surface area contributed by atoms with Crippen molar-refractivity contribution in [2.75, 3.05) is 6.61 Å². The van der Waals surface area contributed by atoms with Crippen LogP contribution in [-0.2, 0) is 0 Å². The zero-order chi connectivity index (χ0) is 9.97. The van der Waals surface area contributed by atoms with E-state index < -0.39 is 0 Å². The molecule has 0 amide bonds. The predicted molar refractivity (Wildman–Crippen MR) is 56.9 cm³/mol. The second-order valence-electron chi connectivity index (χ2n) is 6.56. The molecule has 80 valence electrons. The molecule has 1 N–H and O–H groups in total. The Kier molecular flexibility index (Phi) is 1.68. The van der Waals surface area contributed by atoms with Crippen LogP contribution in [0.3, 0.4) is 0 Å². The summed E-state index contributed by atoms with van der Waals surface area (Å²) in [7, 11) is 0.